The number of ether oxygens (including phenoxy) is 1. The molecule has 0 bridgehead atoms. The van der Waals surface area contributed by atoms with Crippen LogP contribution in [0, 0.1) is 5.92 Å². The predicted molar refractivity (Wildman–Crippen MR) is 126 cm³/mol. The van der Waals surface area contributed by atoms with E-state index in [1.165, 1.54) is 44.3 Å². The van der Waals surface area contributed by atoms with Crippen LogP contribution in [-0.2, 0) is 10.0 Å². The van der Waals surface area contributed by atoms with Gasteiger partial charge in [0.2, 0.25) is 0 Å². The number of rotatable bonds is 8. The third-order valence-electron chi connectivity index (χ3n) is 6.25. The largest absolute Gasteiger partial charge is 0.497 e. The first-order valence-corrected chi connectivity index (χ1v) is 12.7. The molecular weight excluding hydrogens is 444 g/mol. The van der Waals surface area contributed by atoms with Gasteiger partial charge in [-0.05, 0) is 75.0 Å². The lowest BCUT2D eigenvalue weighted by Gasteiger charge is -2.36. The Hall–Kier alpha value is -2.85. The van der Waals surface area contributed by atoms with Crippen molar-refractivity contribution in [1.29, 1.82) is 0 Å². The summed E-state index contributed by atoms with van der Waals surface area (Å²) in [4.78, 5) is 20.9. The molecule has 1 aromatic carbocycles. The molecule has 0 aliphatic carbocycles. The van der Waals surface area contributed by atoms with Crippen LogP contribution in [0.1, 0.15) is 36.0 Å². The van der Waals surface area contributed by atoms with E-state index in [1.807, 2.05) is 4.90 Å². The van der Waals surface area contributed by atoms with E-state index in [0.29, 0.717) is 17.5 Å². The van der Waals surface area contributed by atoms with Crippen LogP contribution in [0.15, 0.2) is 41.4 Å². The molecule has 0 spiro atoms. The molecule has 2 fully saturated rings. The average molecular weight is 475 g/mol. The van der Waals surface area contributed by atoms with Gasteiger partial charge in [-0.25, -0.2) is 18.2 Å². The number of nitrogens with one attached hydrogen (secondary N) is 1. The molecule has 0 unspecified atom stereocenters. The molecule has 178 valence electrons. The van der Waals surface area contributed by atoms with E-state index in [1.54, 1.807) is 12.1 Å². The number of hydrogen-bond donors (Lipinski definition) is 2. The molecule has 0 radical (unpaired) electrons. The highest BCUT2D eigenvalue weighted by Gasteiger charge is 2.27. The molecule has 2 aliphatic rings. The molecule has 1 atom stereocenters. The zero-order chi connectivity index (χ0) is 23.4. The fourth-order valence-corrected chi connectivity index (χ4v) is 5.66. The minimum absolute atomic E-state index is 0.00764. The smallest absolute Gasteiger partial charge is 0.339 e. The van der Waals surface area contributed by atoms with Crippen LogP contribution in [0.25, 0.3) is 0 Å². The van der Waals surface area contributed by atoms with Crippen LogP contribution in [0.5, 0.6) is 5.75 Å². The number of likely N-dealkylation sites (tertiary alicyclic amines) is 1. The van der Waals surface area contributed by atoms with Gasteiger partial charge in [0.1, 0.15) is 17.1 Å². The molecule has 2 aliphatic heterocycles. The minimum atomic E-state index is -3.90. The minimum Gasteiger partial charge on any atom is -0.497 e. The van der Waals surface area contributed by atoms with Gasteiger partial charge in [-0.3, -0.25) is 4.72 Å². The predicted octanol–water partition coefficient (Wildman–Crippen LogP) is 2.90. The molecular formula is C23H30N4O5S. The maximum Gasteiger partial charge on any atom is 0.339 e. The Morgan fingerprint density at radius 2 is 1.91 bits per heavy atom. The van der Waals surface area contributed by atoms with Gasteiger partial charge in [0, 0.05) is 19.6 Å². The van der Waals surface area contributed by atoms with Crippen molar-refractivity contribution in [3.05, 3.63) is 42.1 Å². The molecule has 2 saturated heterocycles. The summed E-state index contributed by atoms with van der Waals surface area (Å²) in [6.07, 6.45) is 5.97. The average Bonchev–Trinajstić information content (AvgIpc) is 3.32. The van der Waals surface area contributed by atoms with E-state index in [9.17, 15) is 18.3 Å². The summed E-state index contributed by atoms with van der Waals surface area (Å²) in [7, 11) is -2.40. The number of hydrogen-bond acceptors (Lipinski definition) is 7. The SMILES string of the molecule is COc1ccc(S(=O)(=O)Nc2cnc(N3CCC[C@@H](CN4CCCC4)C3)c(C(=O)O)c2)cc1. The Labute approximate surface area is 194 Å². The van der Waals surface area contributed by atoms with Crippen LogP contribution in [0.4, 0.5) is 11.5 Å². The number of carboxylic acids is 1. The molecule has 2 aromatic rings. The van der Waals surface area contributed by atoms with Crippen LogP contribution >= 0.6 is 0 Å². The zero-order valence-electron chi connectivity index (χ0n) is 18.7. The molecule has 3 heterocycles. The van der Waals surface area contributed by atoms with Crippen molar-refractivity contribution in [3.8, 4) is 5.75 Å². The fraction of sp³-hybridized carbons (Fsp3) is 0.478. The van der Waals surface area contributed by atoms with Gasteiger partial charge in [-0.1, -0.05) is 0 Å². The summed E-state index contributed by atoms with van der Waals surface area (Å²) in [6.45, 7) is 4.79. The Balaban J connectivity index is 1.51. The first kappa shape index (κ1) is 23.3. The van der Waals surface area contributed by atoms with Gasteiger partial charge in [-0.15, -0.1) is 0 Å². The molecule has 0 amide bonds. The number of aromatic carboxylic acids is 1. The number of carboxylic acid groups (broad SMARTS) is 1. The standard InChI is InChI=1S/C23H30N4O5S/c1-32-19-6-8-20(9-7-19)33(30,31)25-18-13-21(23(28)29)22(24-14-18)27-12-4-5-17(16-27)15-26-10-2-3-11-26/h6-9,13-14,17,25H,2-5,10-12,15-16H2,1H3,(H,28,29)/t17-/m0/s1. The summed E-state index contributed by atoms with van der Waals surface area (Å²) in [5.74, 6) is 0.261. The van der Waals surface area contributed by atoms with Gasteiger partial charge in [0.25, 0.3) is 10.0 Å². The summed E-state index contributed by atoms with van der Waals surface area (Å²) in [6, 6.07) is 7.29. The lowest BCUT2D eigenvalue weighted by Crippen LogP contribution is -2.41. The summed E-state index contributed by atoms with van der Waals surface area (Å²) in [5, 5.41) is 9.82. The Morgan fingerprint density at radius 3 is 2.58 bits per heavy atom. The van der Waals surface area contributed by atoms with Crippen molar-refractivity contribution < 1.29 is 23.1 Å². The number of benzene rings is 1. The summed E-state index contributed by atoms with van der Waals surface area (Å²) < 4.78 is 33.0. The van der Waals surface area contributed by atoms with Gasteiger partial charge >= 0.3 is 5.97 Å². The normalized spacial score (nSPS) is 19.4. The topological polar surface area (TPSA) is 112 Å². The van der Waals surface area contributed by atoms with Crippen LogP contribution in [0.2, 0.25) is 0 Å². The quantitative estimate of drug-likeness (QED) is 0.601. The van der Waals surface area contributed by atoms with E-state index < -0.39 is 16.0 Å². The van der Waals surface area contributed by atoms with E-state index >= 15 is 0 Å². The molecule has 33 heavy (non-hydrogen) atoms. The number of pyridine rings is 1. The number of aromatic nitrogens is 1. The molecule has 4 rings (SSSR count). The third-order valence-corrected chi connectivity index (χ3v) is 7.65. The monoisotopic (exact) mass is 474 g/mol. The van der Waals surface area contributed by atoms with Crippen LogP contribution < -0.4 is 14.4 Å². The molecule has 9 nitrogen and oxygen atoms in total. The second kappa shape index (κ2) is 9.96. The van der Waals surface area contributed by atoms with Crippen molar-refractivity contribution >= 4 is 27.5 Å². The van der Waals surface area contributed by atoms with Crippen molar-refractivity contribution in [1.82, 2.24) is 9.88 Å². The van der Waals surface area contributed by atoms with Gasteiger partial charge < -0.3 is 19.6 Å². The second-order valence-corrected chi connectivity index (χ2v) is 10.3. The fourth-order valence-electron chi connectivity index (χ4n) is 4.63. The van der Waals surface area contributed by atoms with Crippen LogP contribution in [-0.4, -0.2) is 69.2 Å². The second-order valence-electron chi connectivity index (χ2n) is 8.64. The zero-order valence-corrected chi connectivity index (χ0v) is 19.6. The number of sulfonamides is 1. The van der Waals surface area contributed by atoms with E-state index in [-0.39, 0.29) is 16.1 Å². The summed E-state index contributed by atoms with van der Waals surface area (Å²) in [5.41, 5.74) is 0.101. The number of piperidine rings is 1. The Kier molecular flexibility index (Phi) is 7.04. The van der Waals surface area contributed by atoms with Crippen molar-refractivity contribution in [2.75, 3.05) is 49.5 Å². The number of nitrogens with zero attached hydrogens (tertiary/aromatic N) is 3. The molecule has 0 saturated carbocycles. The molecule has 2 N–H and O–H groups in total. The highest BCUT2D eigenvalue weighted by molar-refractivity contribution is 7.92. The molecule has 1 aromatic heterocycles. The maximum atomic E-state index is 12.7. The Morgan fingerprint density at radius 1 is 1.18 bits per heavy atom. The Bertz CT molecular complexity index is 1080. The number of anilines is 2. The third kappa shape index (κ3) is 5.56. The lowest BCUT2D eigenvalue weighted by molar-refractivity contribution is 0.0697. The van der Waals surface area contributed by atoms with Crippen molar-refractivity contribution in [3.63, 3.8) is 0 Å². The van der Waals surface area contributed by atoms with Crippen molar-refractivity contribution in [2.45, 2.75) is 30.6 Å². The van der Waals surface area contributed by atoms with Crippen LogP contribution in [0.3, 0.4) is 0 Å². The van der Waals surface area contributed by atoms with E-state index in [0.717, 1.165) is 45.6 Å². The first-order valence-electron chi connectivity index (χ1n) is 11.2. The van der Waals surface area contributed by atoms with Gasteiger partial charge in [-0.2, -0.15) is 0 Å². The summed E-state index contributed by atoms with van der Waals surface area (Å²) >= 11 is 0. The first-order chi connectivity index (χ1) is 15.9. The highest BCUT2D eigenvalue weighted by Crippen LogP contribution is 2.28. The van der Waals surface area contributed by atoms with E-state index in [2.05, 4.69) is 14.6 Å². The maximum absolute atomic E-state index is 12.7. The number of carbonyl (C=O) groups is 1. The number of methoxy groups -OCH3 is 1. The highest BCUT2D eigenvalue weighted by atomic mass is 32.2. The van der Waals surface area contributed by atoms with E-state index in [4.69, 9.17) is 4.74 Å². The van der Waals surface area contributed by atoms with Gasteiger partial charge in [0.15, 0.2) is 0 Å². The lowest BCUT2D eigenvalue weighted by atomic mass is 9.97. The van der Waals surface area contributed by atoms with Crippen molar-refractivity contribution in [2.24, 2.45) is 5.92 Å². The molecule has 10 heteroatoms. The van der Waals surface area contributed by atoms with Gasteiger partial charge in [0.05, 0.1) is 23.9 Å².